The van der Waals surface area contributed by atoms with Gasteiger partial charge in [0.05, 0.1) is 6.61 Å². The molecule has 0 unspecified atom stereocenters. The predicted molar refractivity (Wildman–Crippen MR) is 85.4 cm³/mol. The number of methoxy groups -OCH3 is 1. The van der Waals surface area contributed by atoms with Crippen molar-refractivity contribution in [3.8, 4) is 0 Å². The maximum absolute atomic E-state index is 12.1. The first-order valence-corrected chi connectivity index (χ1v) is 7.70. The highest BCUT2D eigenvalue weighted by Gasteiger charge is 2.32. The standard InChI is InChI=1S/C15H24N4O4/c1-18-13(21)3-8-19(14(18)22)9-12(20)17-10-15(11-23-2)4-6-16-7-5-15/h3,8,16H,4-7,9-11H2,1-2H3,(H,17,20). The summed E-state index contributed by atoms with van der Waals surface area (Å²) in [6, 6.07) is 1.27. The largest absolute Gasteiger partial charge is 0.384 e. The molecular weight excluding hydrogens is 300 g/mol. The molecular formula is C15H24N4O4. The van der Waals surface area contributed by atoms with E-state index < -0.39 is 5.69 Å². The zero-order chi connectivity index (χ0) is 16.9. The molecule has 0 saturated carbocycles. The van der Waals surface area contributed by atoms with E-state index in [-0.39, 0.29) is 23.4 Å². The Kier molecular flexibility index (Phi) is 5.73. The Morgan fingerprint density at radius 1 is 1.39 bits per heavy atom. The van der Waals surface area contributed by atoms with Crippen LogP contribution in [0.1, 0.15) is 12.8 Å². The van der Waals surface area contributed by atoms with E-state index in [1.165, 1.54) is 23.9 Å². The summed E-state index contributed by atoms with van der Waals surface area (Å²) >= 11 is 0. The average Bonchev–Trinajstić information content (AvgIpc) is 2.55. The molecule has 23 heavy (non-hydrogen) atoms. The molecule has 0 bridgehead atoms. The second kappa shape index (κ2) is 7.56. The lowest BCUT2D eigenvalue weighted by molar-refractivity contribution is -0.122. The minimum atomic E-state index is -0.499. The molecule has 1 aliphatic heterocycles. The molecule has 0 atom stereocenters. The van der Waals surface area contributed by atoms with Crippen molar-refractivity contribution in [1.82, 2.24) is 19.8 Å². The summed E-state index contributed by atoms with van der Waals surface area (Å²) in [7, 11) is 3.05. The number of ether oxygens (including phenoxy) is 1. The van der Waals surface area contributed by atoms with Crippen molar-refractivity contribution in [3.05, 3.63) is 33.1 Å². The summed E-state index contributed by atoms with van der Waals surface area (Å²) in [5.74, 6) is -0.250. The summed E-state index contributed by atoms with van der Waals surface area (Å²) in [6.45, 7) is 2.81. The van der Waals surface area contributed by atoms with Gasteiger partial charge >= 0.3 is 5.69 Å². The Labute approximate surface area is 134 Å². The minimum absolute atomic E-state index is 0.0653. The van der Waals surface area contributed by atoms with Crippen molar-refractivity contribution in [1.29, 1.82) is 0 Å². The topological polar surface area (TPSA) is 94.4 Å². The number of rotatable bonds is 6. The van der Waals surface area contributed by atoms with E-state index >= 15 is 0 Å². The molecule has 2 rings (SSSR count). The van der Waals surface area contributed by atoms with Gasteiger partial charge in [-0.05, 0) is 25.9 Å². The third-order valence-corrected chi connectivity index (χ3v) is 4.35. The normalized spacial score (nSPS) is 17.0. The Balaban J connectivity index is 1.98. The van der Waals surface area contributed by atoms with Crippen LogP contribution in [0.25, 0.3) is 0 Å². The first-order valence-electron chi connectivity index (χ1n) is 7.70. The van der Waals surface area contributed by atoms with E-state index in [0.29, 0.717) is 13.2 Å². The van der Waals surface area contributed by atoms with Gasteiger partial charge in [-0.2, -0.15) is 0 Å². The number of carbonyl (C=O) groups is 1. The molecule has 2 N–H and O–H groups in total. The molecule has 1 aliphatic rings. The third-order valence-electron chi connectivity index (χ3n) is 4.35. The zero-order valence-electron chi connectivity index (χ0n) is 13.6. The van der Waals surface area contributed by atoms with Crippen LogP contribution in [0.15, 0.2) is 21.9 Å². The predicted octanol–water partition coefficient (Wildman–Crippen LogP) is -1.32. The summed E-state index contributed by atoms with van der Waals surface area (Å²) in [5.41, 5.74) is -0.953. The number of piperidine rings is 1. The highest BCUT2D eigenvalue weighted by molar-refractivity contribution is 5.75. The van der Waals surface area contributed by atoms with Crippen LogP contribution in [0.2, 0.25) is 0 Å². The summed E-state index contributed by atoms with van der Waals surface area (Å²) in [4.78, 5) is 35.4. The van der Waals surface area contributed by atoms with Crippen molar-refractivity contribution >= 4 is 5.91 Å². The van der Waals surface area contributed by atoms with E-state index in [0.717, 1.165) is 30.5 Å². The zero-order valence-corrected chi connectivity index (χ0v) is 13.6. The summed E-state index contributed by atoms with van der Waals surface area (Å²) < 4.78 is 7.51. The molecule has 1 aromatic heterocycles. The molecule has 1 fully saturated rings. The molecule has 1 amide bonds. The van der Waals surface area contributed by atoms with Crippen LogP contribution in [-0.4, -0.2) is 48.4 Å². The highest BCUT2D eigenvalue weighted by atomic mass is 16.5. The number of hydrogen-bond acceptors (Lipinski definition) is 5. The van der Waals surface area contributed by atoms with Crippen LogP contribution in [0.5, 0.6) is 0 Å². The fraction of sp³-hybridized carbons (Fsp3) is 0.667. The van der Waals surface area contributed by atoms with Crippen molar-refractivity contribution in [2.75, 3.05) is 33.4 Å². The van der Waals surface area contributed by atoms with Crippen molar-refractivity contribution in [2.45, 2.75) is 19.4 Å². The van der Waals surface area contributed by atoms with E-state index in [1.54, 1.807) is 7.11 Å². The number of nitrogens with zero attached hydrogens (tertiary/aromatic N) is 2. The Hall–Kier alpha value is -1.93. The van der Waals surface area contributed by atoms with Gasteiger partial charge in [0.25, 0.3) is 5.56 Å². The number of aromatic nitrogens is 2. The van der Waals surface area contributed by atoms with Gasteiger partial charge in [0.1, 0.15) is 6.54 Å². The molecule has 8 nitrogen and oxygen atoms in total. The van der Waals surface area contributed by atoms with E-state index in [9.17, 15) is 14.4 Å². The summed E-state index contributed by atoms with van der Waals surface area (Å²) in [5, 5.41) is 6.19. The fourth-order valence-corrected chi connectivity index (χ4v) is 2.87. The lowest BCUT2D eigenvalue weighted by Gasteiger charge is -2.37. The molecule has 128 valence electrons. The van der Waals surface area contributed by atoms with Gasteiger partial charge in [-0.1, -0.05) is 0 Å². The third kappa shape index (κ3) is 4.29. The molecule has 0 spiro atoms. The molecule has 8 heteroatoms. The van der Waals surface area contributed by atoms with Gasteiger partial charge in [-0.15, -0.1) is 0 Å². The molecule has 1 aromatic rings. The van der Waals surface area contributed by atoms with Crippen LogP contribution < -0.4 is 21.9 Å². The first kappa shape index (κ1) is 17.4. The first-order chi connectivity index (χ1) is 11.0. The van der Waals surface area contributed by atoms with Crippen molar-refractivity contribution < 1.29 is 9.53 Å². The van der Waals surface area contributed by atoms with E-state index in [1.807, 2.05) is 0 Å². The number of carbonyl (C=O) groups excluding carboxylic acids is 1. The van der Waals surface area contributed by atoms with Crippen LogP contribution in [0.3, 0.4) is 0 Å². The molecule has 0 radical (unpaired) electrons. The van der Waals surface area contributed by atoms with Crippen molar-refractivity contribution in [2.24, 2.45) is 12.5 Å². The Morgan fingerprint density at radius 3 is 2.74 bits per heavy atom. The lowest BCUT2D eigenvalue weighted by atomic mass is 9.79. The van der Waals surface area contributed by atoms with E-state index in [4.69, 9.17) is 4.74 Å². The van der Waals surface area contributed by atoms with Gasteiger partial charge in [0, 0.05) is 38.4 Å². The van der Waals surface area contributed by atoms with Gasteiger partial charge in [0.2, 0.25) is 5.91 Å². The van der Waals surface area contributed by atoms with Crippen LogP contribution in [-0.2, 0) is 23.1 Å². The smallest absolute Gasteiger partial charge is 0.331 e. The fourth-order valence-electron chi connectivity index (χ4n) is 2.87. The average molecular weight is 324 g/mol. The summed E-state index contributed by atoms with van der Waals surface area (Å²) in [6.07, 6.45) is 3.21. The molecule has 0 aliphatic carbocycles. The number of nitrogens with one attached hydrogen (secondary N) is 2. The Bertz CT molecular complexity index is 653. The lowest BCUT2D eigenvalue weighted by Crippen LogP contribution is -2.48. The second-order valence-corrected chi connectivity index (χ2v) is 6.08. The van der Waals surface area contributed by atoms with Crippen LogP contribution in [0.4, 0.5) is 0 Å². The Morgan fingerprint density at radius 2 is 2.09 bits per heavy atom. The SMILES string of the molecule is COCC1(CNC(=O)Cn2ccc(=O)n(C)c2=O)CCNCC1. The monoisotopic (exact) mass is 324 g/mol. The second-order valence-electron chi connectivity index (χ2n) is 6.08. The van der Waals surface area contributed by atoms with Gasteiger partial charge in [0.15, 0.2) is 0 Å². The molecule has 2 heterocycles. The van der Waals surface area contributed by atoms with Crippen LogP contribution in [0, 0.1) is 5.41 Å². The molecule has 0 aromatic carbocycles. The number of amides is 1. The molecule has 1 saturated heterocycles. The van der Waals surface area contributed by atoms with Crippen molar-refractivity contribution in [3.63, 3.8) is 0 Å². The maximum atomic E-state index is 12.1. The van der Waals surface area contributed by atoms with E-state index in [2.05, 4.69) is 10.6 Å². The maximum Gasteiger partial charge on any atom is 0.331 e. The van der Waals surface area contributed by atoms with Crippen LogP contribution >= 0.6 is 0 Å². The van der Waals surface area contributed by atoms with Gasteiger partial charge < -0.3 is 15.4 Å². The number of hydrogen-bond donors (Lipinski definition) is 2. The minimum Gasteiger partial charge on any atom is -0.384 e. The van der Waals surface area contributed by atoms with Gasteiger partial charge in [-0.3, -0.25) is 18.7 Å². The van der Waals surface area contributed by atoms with Gasteiger partial charge in [-0.25, -0.2) is 4.79 Å². The highest BCUT2D eigenvalue weighted by Crippen LogP contribution is 2.28. The quantitative estimate of drug-likeness (QED) is 0.677.